The van der Waals surface area contributed by atoms with Gasteiger partial charge in [-0.3, -0.25) is 10.1 Å². The van der Waals surface area contributed by atoms with E-state index in [0.29, 0.717) is 23.7 Å². The number of nitrogens with one attached hydrogen (secondary N) is 1. The van der Waals surface area contributed by atoms with Crippen LogP contribution in [0.1, 0.15) is 29.2 Å². The summed E-state index contributed by atoms with van der Waals surface area (Å²) in [6.45, 7) is 2.26. The third-order valence-corrected chi connectivity index (χ3v) is 4.93. The number of hydrogen-bond acceptors (Lipinski definition) is 6. The van der Waals surface area contributed by atoms with Crippen molar-refractivity contribution < 1.29 is 14.4 Å². The van der Waals surface area contributed by atoms with Gasteiger partial charge in [0.25, 0.3) is 5.69 Å². The van der Waals surface area contributed by atoms with E-state index in [0.717, 1.165) is 37.1 Å². The lowest BCUT2D eigenvalue weighted by molar-refractivity contribution is -0.385. The van der Waals surface area contributed by atoms with Crippen LogP contribution in [0.3, 0.4) is 0 Å². The van der Waals surface area contributed by atoms with Gasteiger partial charge in [-0.15, -0.1) is 0 Å². The number of nitro benzene ring substituents is 1. The highest BCUT2D eigenvalue weighted by atomic mass is 16.6. The number of fused-ring (bicyclic) bond motifs is 1. The van der Waals surface area contributed by atoms with Gasteiger partial charge in [0.15, 0.2) is 11.5 Å². The number of nitro groups is 1. The Balaban J connectivity index is 1.94. The van der Waals surface area contributed by atoms with Gasteiger partial charge in [-0.25, -0.2) is 0 Å². The summed E-state index contributed by atoms with van der Waals surface area (Å²) in [5.74, 6) is 1.37. The molecule has 3 rings (SSSR count). The van der Waals surface area contributed by atoms with Gasteiger partial charge >= 0.3 is 0 Å². The van der Waals surface area contributed by atoms with Crippen molar-refractivity contribution >= 4 is 5.69 Å². The molecule has 2 aromatic carbocycles. The molecule has 0 aliphatic carbocycles. The standard InChI is InChI=1S/C21H27N3O4/c1-23(2)11-6-12-28-20-14-17-15(13-19(20)27-3)9-10-22-21(17)16-7-4-5-8-18(16)24(25)26/h4-5,7-8,13-14,21-22H,6,9-12H2,1-3H3. The number of nitrogens with zero attached hydrogens (tertiary/aromatic N) is 2. The van der Waals surface area contributed by atoms with E-state index < -0.39 is 0 Å². The summed E-state index contributed by atoms with van der Waals surface area (Å²) in [5.41, 5.74) is 2.91. The Bertz CT molecular complexity index is 838. The van der Waals surface area contributed by atoms with E-state index in [-0.39, 0.29) is 16.7 Å². The van der Waals surface area contributed by atoms with Gasteiger partial charge in [-0.05, 0) is 50.2 Å². The maximum Gasteiger partial charge on any atom is 0.274 e. The predicted octanol–water partition coefficient (Wildman–Crippen LogP) is 3.17. The van der Waals surface area contributed by atoms with Crippen LogP contribution in [0.25, 0.3) is 0 Å². The first-order chi connectivity index (χ1) is 13.5. The first-order valence-corrected chi connectivity index (χ1v) is 9.46. The van der Waals surface area contributed by atoms with Crippen LogP contribution >= 0.6 is 0 Å². The Morgan fingerprint density at radius 3 is 2.71 bits per heavy atom. The van der Waals surface area contributed by atoms with Gasteiger partial charge in [-0.1, -0.05) is 18.2 Å². The highest BCUT2D eigenvalue weighted by molar-refractivity contribution is 5.54. The summed E-state index contributed by atoms with van der Waals surface area (Å²) in [4.78, 5) is 13.3. The molecule has 0 aromatic heterocycles. The van der Waals surface area contributed by atoms with Gasteiger partial charge < -0.3 is 19.7 Å². The molecule has 1 heterocycles. The van der Waals surface area contributed by atoms with E-state index in [9.17, 15) is 10.1 Å². The Kier molecular flexibility index (Phi) is 6.49. The molecule has 28 heavy (non-hydrogen) atoms. The van der Waals surface area contributed by atoms with Crippen molar-refractivity contribution in [3.05, 3.63) is 63.2 Å². The maximum atomic E-state index is 11.5. The molecule has 0 fully saturated rings. The van der Waals surface area contributed by atoms with Crippen LogP contribution in [0.2, 0.25) is 0 Å². The molecule has 1 aliphatic heterocycles. The average Bonchev–Trinajstić information content (AvgIpc) is 2.69. The molecule has 7 heteroatoms. The molecule has 1 N–H and O–H groups in total. The maximum absolute atomic E-state index is 11.5. The molecule has 0 saturated carbocycles. The molecule has 1 atom stereocenters. The second kappa shape index (κ2) is 9.03. The SMILES string of the molecule is COc1cc2c(cc1OCCCN(C)C)C(c1ccccc1[N+](=O)[O-])NCC2. The van der Waals surface area contributed by atoms with E-state index in [2.05, 4.69) is 10.2 Å². The quantitative estimate of drug-likeness (QED) is 0.427. The molecule has 0 bridgehead atoms. The van der Waals surface area contributed by atoms with Crippen LogP contribution in [0.15, 0.2) is 36.4 Å². The molecule has 0 amide bonds. The third kappa shape index (κ3) is 4.43. The summed E-state index contributed by atoms with van der Waals surface area (Å²) in [6.07, 6.45) is 1.74. The van der Waals surface area contributed by atoms with Gasteiger partial charge in [0, 0.05) is 19.2 Å². The zero-order chi connectivity index (χ0) is 20.1. The zero-order valence-electron chi connectivity index (χ0n) is 16.6. The molecule has 0 spiro atoms. The molecular weight excluding hydrogens is 358 g/mol. The van der Waals surface area contributed by atoms with E-state index in [4.69, 9.17) is 9.47 Å². The summed E-state index contributed by atoms with van der Waals surface area (Å²) in [6, 6.07) is 10.6. The summed E-state index contributed by atoms with van der Waals surface area (Å²) >= 11 is 0. The van der Waals surface area contributed by atoms with Crippen molar-refractivity contribution in [1.82, 2.24) is 10.2 Å². The van der Waals surface area contributed by atoms with Gasteiger partial charge in [0.2, 0.25) is 0 Å². The van der Waals surface area contributed by atoms with Crippen molar-refractivity contribution in [3.8, 4) is 11.5 Å². The molecule has 150 valence electrons. The van der Waals surface area contributed by atoms with Crippen molar-refractivity contribution in [2.45, 2.75) is 18.9 Å². The van der Waals surface area contributed by atoms with Crippen LogP contribution in [-0.2, 0) is 6.42 Å². The molecule has 1 aliphatic rings. The lowest BCUT2D eigenvalue weighted by Gasteiger charge is -2.28. The van der Waals surface area contributed by atoms with Gasteiger partial charge in [0.1, 0.15) is 0 Å². The second-order valence-electron chi connectivity index (χ2n) is 7.16. The van der Waals surface area contributed by atoms with E-state index in [1.54, 1.807) is 19.2 Å². The van der Waals surface area contributed by atoms with E-state index in [1.165, 1.54) is 0 Å². The normalized spacial score (nSPS) is 15.9. The number of para-hydroxylation sites is 1. The van der Waals surface area contributed by atoms with Crippen LogP contribution in [-0.4, -0.2) is 50.7 Å². The Hall–Kier alpha value is -2.64. The number of methoxy groups -OCH3 is 1. The summed E-state index contributed by atoms with van der Waals surface area (Å²) in [7, 11) is 5.69. The summed E-state index contributed by atoms with van der Waals surface area (Å²) < 4.78 is 11.5. The average molecular weight is 385 g/mol. The number of benzene rings is 2. The lowest BCUT2D eigenvalue weighted by atomic mass is 9.88. The smallest absolute Gasteiger partial charge is 0.274 e. The van der Waals surface area contributed by atoms with E-state index in [1.807, 2.05) is 38.4 Å². The van der Waals surface area contributed by atoms with Crippen LogP contribution in [0.4, 0.5) is 5.69 Å². The number of hydrogen-bond donors (Lipinski definition) is 1. The fraction of sp³-hybridized carbons (Fsp3) is 0.429. The van der Waals surface area contributed by atoms with E-state index >= 15 is 0 Å². The molecule has 7 nitrogen and oxygen atoms in total. The van der Waals surface area contributed by atoms with Crippen molar-refractivity contribution in [1.29, 1.82) is 0 Å². The Labute approximate surface area is 165 Å². The van der Waals surface area contributed by atoms with Crippen molar-refractivity contribution in [2.75, 3.05) is 40.9 Å². The van der Waals surface area contributed by atoms with Gasteiger partial charge in [-0.2, -0.15) is 0 Å². The highest BCUT2D eigenvalue weighted by Gasteiger charge is 2.28. The third-order valence-electron chi connectivity index (χ3n) is 4.93. The minimum atomic E-state index is -0.326. The fourth-order valence-electron chi connectivity index (χ4n) is 3.57. The highest BCUT2D eigenvalue weighted by Crippen LogP contribution is 2.39. The minimum Gasteiger partial charge on any atom is -0.493 e. The van der Waals surface area contributed by atoms with Crippen LogP contribution in [0.5, 0.6) is 11.5 Å². The minimum absolute atomic E-state index is 0.122. The largest absolute Gasteiger partial charge is 0.493 e. The first-order valence-electron chi connectivity index (χ1n) is 9.46. The molecule has 0 saturated heterocycles. The molecule has 2 aromatic rings. The Morgan fingerprint density at radius 1 is 1.21 bits per heavy atom. The molecular formula is C21H27N3O4. The number of rotatable bonds is 8. The molecule has 0 radical (unpaired) electrons. The molecule has 1 unspecified atom stereocenters. The second-order valence-corrected chi connectivity index (χ2v) is 7.16. The topological polar surface area (TPSA) is 76.9 Å². The lowest BCUT2D eigenvalue weighted by Crippen LogP contribution is -2.31. The van der Waals surface area contributed by atoms with Crippen LogP contribution in [0, 0.1) is 10.1 Å². The summed E-state index contributed by atoms with van der Waals surface area (Å²) in [5, 5.41) is 14.9. The monoisotopic (exact) mass is 385 g/mol. The predicted molar refractivity (Wildman–Crippen MR) is 108 cm³/mol. The zero-order valence-corrected chi connectivity index (χ0v) is 16.6. The van der Waals surface area contributed by atoms with Crippen LogP contribution < -0.4 is 14.8 Å². The van der Waals surface area contributed by atoms with Gasteiger partial charge in [0.05, 0.1) is 30.2 Å². The fourth-order valence-corrected chi connectivity index (χ4v) is 3.57. The van der Waals surface area contributed by atoms with Crippen molar-refractivity contribution in [3.63, 3.8) is 0 Å². The Morgan fingerprint density at radius 2 is 2.00 bits per heavy atom. The number of ether oxygens (including phenoxy) is 2. The van der Waals surface area contributed by atoms with Crippen molar-refractivity contribution in [2.24, 2.45) is 0 Å². The first kappa shape index (κ1) is 20.1.